The van der Waals surface area contributed by atoms with Gasteiger partial charge in [-0.3, -0.25) is 4.90 Å². The van der Waals surface area contributed by atoms with Crippen molar-refractivity contribution in [2.24, 2.45) is 0 Å². The summed E-state index contributed by atoms with van der Waals surface area (Å²) in [6.07, 6.45) is -6.92. The summed E-state index contributed by atoms with van der Waals surface area (Å²) in [6.45, 7) is -0.505. The molecule has 1 fully saturated rings. The summed E-state index contributed by atoms with van der Waals surface area (Å²) in [6, 6.07) is 2.78. The van der Waals surface area contributed by atoms with E-state index in [4.69, 9.17) is 5.73 Å². The van der Waals surface area contributed by atoms with Crippen LogP contribution in [0.15, 0.2) is 12.1 Å². The van der Waals surface area contributed by atoms with Gasteiger partial charge in [0.05, 0.1) is 6.54 Å². The van der Waals surface area contributed by atoms with Gasteiger partial charge < -0.3 is 15.2 Å². The number of halogens is 5. The Labute approximate surface area is 165 Å². The fourth-order valence-electron chi connectivity index (χ4n) is 3.95. The van der Waals surface area contributed by atoms with Crippen LogP contribution in [0.25, 0.3) is 16.6 Å². The lowest BCUT2D eigenvalue weighted by Crippen LogP contribution is -2.40. The molecule has 3 aromatic rings. The van der Waals surface area contributed by atoms with Crippen molar-refractivity contribution >= 4 is 22.5 Å². The number of fused-ring (bicyclic) bond motifs is 5. The van der Waals surface area contributed by atoms with Crippen LogP contribution in [-0.2, 0) is 0 Å². The second kappa shape index (κ2) is 6.27. The number of alkyl halides is 5. The zero-order valence-corrected chi connectivity index (χ0v) is 15.3. The third kappa shape index (κ3) is 3.22. The van der Waals surface area contributed by atoms with Crippen LogP contribution < -0.4 is 15.2 Å². The molecule has 4 heterocycles. The highest BCUT2D eigenvalue weighted by molar-refractivity contribution is 5.97. The van der Waals surface area contributed by atoms with Crippen LogP contribution in [0.4, 0.5) is 27.9 Å². The standard InChI is InChI=1S/C17H15F5N6O2/c18-16(19,20)7-27-5-1-2-8(6-27)13-25-14-9-3-4-10-12(30-17(21,22)29-10)11(9)24-15(23)28(14)26-13/h3-4,8H,1-2,5-7H2,(H2,23,24). The number of nitrogen functional groups attached to an aromatic ring is 1. The second-order valence-corrected chi connectivity index (χ2v) is 7.32. The van der Waals surface area contributed by atoms with Gasteiger partial charge in [-0.05, 0) is 31.5 Å². The molecule has 2 N–H and O–H groups in total. The molecule has 0 radical (unpaired) electrons. The Hall–Kier alpha value is -2.96. The summed E-state index contributed by atoms with van der Waals surface area (Å²) in [4.78, 5) is 9.88. The van der Waals surface area contributed by atoms with Crippen molar-refractivity contribution in [3.8, 4) is 11.5 Å². The lowest BCUT2D eigenvalue weighted by Gasteiger charge is -2.31. The SMILES string of the molecule is Nc1nc2c3c(ccc2c2nc(C4CCCN(CC(F)(F)F)C4)nn12)OC(F)(F)O3. The van der Waals surface area contributed by atoms with Gasteiger partial charge in [0.25, 0.3) is 0 Å². The summed E-state index contributed by atoms with van der Waals surface area (Å²) < 4.78 is 75.4. The minimum Gasteiger partial charge on any atom is -0.395 e. The van der Waals surface area contributed by atoms with Crippen LogP contribution >= 0.6 is 0 Å². The third-order valence-corrected chi connectivity index (χ3v) is 5.13. The normalized spacial score (nSPS) is 21.6. The molecule has 0 amide bonds. The molecule has 13 heteroatoms. The average molecular weight is 430 g/mol. The van der Waals surface area contributed by atoms with E-state index in [1.54, 1.807) is 0 Å². The molecule has 0 spiro atoms. The summed E-state index contributed by atoms with van der Waals surface area (Å²) in [5.41, 5.74) is 6.23. The Kier molecular flexibility index (Phi) is 3.98. The smallest absolute Gasteiger partial charge is 0.395 e. The summed E-state index contributed by atoms with van der Waals surface area (Å²) in [7, 11) is 0. The number of benzene rings is 1. The molecule has 1 atom stereocenters. The summed E-state index contributed by atoms with van der Waals surface area (Å²) in [5, 5.41) is 4.68. The van der Waals surface area contributed by atoms with Crippen molar-refractivity contribution in [1.82, 2.24) is 24.5 Å². The van der Waals surface area contributed by atoms with E-state index in [1.807, 2.05) is 0 Å². The highest BCUT2D eigenvalue weighted by atomic mass is 19.4. The van der Waals surface area contributed by atoms with E-state index < -0.39 is 19.0 Å². The first-order valence-electron chi connectivity index (χ1n) is 9.13. The summed E-state index contributed by atoms with van der Waals surface area (Å²) in [5.74, 6) is -0.560. The number of anilines is 1. The van der Waals surface area contributed by atoms with E-state index >= 15 is 0 Å². The third-order valence-electron chi connectivity index (χ3n) is 5.13. The molecule has 30 heavy (non-hydrogen) atoms. The van der Waals surface area contributed by atoms with Gasteiger partial charge in [-0.15, -0.1) is 13.9 Å². The molecule has 1 aromatic carbocycles. The molecule has 2 aliphatic rings. The topological polar surface area (TPSA) is 90.8 Å². The van der Waals surface area contributed by atoms with E-state index in [0.717, 1.165) is 0 Å². The molecule has 8 nitrogen and oxygen atoms in total. The van der Waals surface area contributed by atoms with Gasteiger partial charge in [0.2, 0.25) is 5.95 Å². The highest BCUT2D eigenvalue weighted by Crippen LogP contribution is 2.45. The predicted molar refractivity (Wildman–Crippen MR) is 93.4 cm³/mol. The molecule has 0 saturated carbocycles. The Bertz CT molecular complexity index is 1150. The van der Waals surface area contributed by atoms with Crippen LogP contribution in [0.2, 0.25) is 0 Å². The monoisotopic (exact) mass is 430 g/mol. The number of nitrogens with zero attached hydrogens (tertiary/aromatic N) is 5. The molecule has 2 aliphatic heterocycles. The largest absolute Gasteiger partial charge is 0.586 e. The van der Waals surface area contributed by atoms with Gasteiger partial charge in [0, 0.05) is 17.8 Å². The number of likely N-dealkylation sites (tertiary alicyclic amines) is 1. The maximum absolute atomic E-state index is 13.5. The zero-order chi connectivity index (χ0) is 21.3. The number of piperidine rings is 1. The number of rotatable bonds is 2. The first-order chi connectivity index (χ1) is 14.1. The van der Waals surface area contributed by atoms with Gasteiger partial charge in [-0.1, -0.05) is 0 Å². The lowest BCUT2D eigenvalue weighted by molar-refractivity contribution is -0.286. The van der Waals surface area contributed by atoms with Gasteiger partial charge in [-0.25, -0.2) is 9.97 Å². The van der Waals surface area contributed by atoms with Crippen molar-refractivity contribution in [2.75, 3.05) is 25.4 Å². The van der Waals surface area contributed by atoms with E-state index in [1.165, 1.54) is 21.5 Å². The van der Waals surface area contributed by atoms with Crippen molar-refractivity contribution in [2.45, 2.75) is 31.2 Å². The van der Waals surface area contributed by atoms with Crippen LogP contribution in [0.5, 0.6) is 11.5 Å². The van der Waals surface area contributed by atoms with E-state index in [-0.39, 0.29) is 41.1 Å². The first-order valence-corrected chi connectivity index (χ1v) is 9.13. The van der Waals surface area contributed by atoms with Crippen LogP contribution in [-0.4, -0.2) is 56.6 Å². The van der Waals surface area contributed by atoms with Crippen molar-refractivity contribution in [3.63, 3.8) is 0 Å². The molecule has 1 saturated heterocycles. The Balaban J connectivity index is 1.55. The van der Waals surface area contributed by atoms with Gasteiger partial charge >= 0.3 is 12.5 Å². The average Bonchev–Trinajstić information content (AvgIpc) is 3.21. The molecular weight excluding hydrogens is 415 g/mol. The maximum Gasteiger partial charge on any atom is 0.586 e. The number of aromatic nitrogens is 4. The van der Waals surface area contributed by atoms with Gasteiger partial charge in [0.15, 0.2) is 23.0 Å². The molecule has 2 aromatic heterocycles. The Morgan fingerprint density at radius 3 is 2.77 bits per heavy atom. The predicted octanol–water partition coefficient (Wildman–Crippen LogP) is 2.92. The zero-order valence-electron chi connectivity index (χ0n) is 15.3. The number of hydrogen-bond donors (Lipinski definition) is 1. The van der Waals surface area contributed by atoms with Crippen molar-refractivity contribution in [3.05, 3.63) is 18.0 Å². The van der Waals surface area contributed by atoms with Crippen LogP contribution in [0.1, 0.15) is 24.6 Å². The maximum atomic E-state index is 13.5. The minimum absolute atomic E-state index is 0.0379. The number of nitrogens with two attached hydrogens (primary N) is 1. The van der Waals surface area contributed by atoms with Crippen LogP contribution in [0, 0.1) is 0 Å². The molecule has 0 bridgehead atoms. The number of ether oxygens (including phenoxy) is 2. The molecule has 5 rings (SSSR count). The van der Waals surface area contributed by atoms with E-state index in [2.05, 4.69) is 24.5 Å². The minimum atomic E-state index is -4.29. The lowest BCUT2D eigenvalue weighted by atomic mass is 9.97. The van der Waals surface area contributed by atoms with Crippen molar-refractivity contribution in [1.29, 1.82) is 0 Å². The fraction of sp³-hybridized carbons (Fsp3) is 0.471. The first kappa shape index (κ1) is 19.0. The van der Waals surface area contributed by atoms with Crippen LogP contribution in [0.3, 0.4) is 0 Å². The summed E-state index contributed by atoms with van der Waals surface area (Å²) >= 11 is 0. The van der Waals surface area contributed by atoms with Crippen molar-refractivity contribution < 1.29 is 31.4 Å². The quantitative estimate of drug-likeness (QED) is 0.625. The second-order valence-electron chi connectivity index (χ2n) is 7.32. The Morgan fingerprint density at radius 2 is 2.00 bits per heavy atom. The van der Waals surface area contributed by atoms with E-state index in [9.17, 15) is 22.0 Å². The van der Waals surface area contributed by atoms with Gasteiger partial charge in [-0.2, -0.15) is 17.7 Å². The van der Waals surface area contributed by atoms with Gasteiger partial charge in [0.1, 0.15) is 5.52 Å². The molecule has 0 aliphatic carbocycles. The fourth-order valence-corrected chi connectivity index (χ4v) is 3.95. The van der Waals surface area contributed by atoms with E-state index in [0.29, 0.717) is 30.6 Å². The highest BCUT2D eigenvalue weighted by Gasteiger charge is 2.45. The molecule has 1 unspecified atom stereocenters. The number of hydrogen-bond acceptors (Lipinski definition) is 7. The molecular formula is C17H15F5N6O2. The Morgan fingerprint density at radius 1 is 1.20 bits per heavy atom. The molecule has 160 valence electrons.